The molecule has 0 spiro atoms. The molecule has 24 heavy (non-hydrogen) atoms. The van der Waals surface area contributed by atoms with E-state index in [9.17, 15) is 9.59 Å². The van der Waals surface area contributed by atoms with Crippen molar-refractivity contribution in [1.29, 1.82) is 0 Å². The van der Waals surface area contributed by atoms with Crippen LogP contribution in [0.3, 0.4) is 0 Å². The Kier molecular flexibility index (Phi) is 6.69. The van der Waals surface area contributed by atoms with Gasteiger partial charge in [0.1, 0.15) is 0 Å². The number of hydrogen-bond donors (Lipinski definition) is 1. The Morgan fingerprint density at radius 2 is 2.00 bits per heavy atom. The van der Waals surface area contributed by atoms with Crippen LogP contribution in [0.4, 0.5) is 5.69 Å². The van der Waals surface area contributed by atoms with Crippen molar-refractivity contribution < 1.29 is 19.1 Å². The third-order valence-corrected chi connectivity index (χ3v) is 3.48. The van der Waals surface area contributed by atoms with E-state index >= 15 is 0 Å². The Bertz CT molecular complexity index is 715. The number of amides is 1. The maximum Gasteiger partial charge on any atom is 0.357 e. The molecule has 6 nitrogen and oxygen atoms in total. The number of para-hydroxylation sites is 1. The van der Waals surface area contributed by atoms with Crippen LogP contribution in [0.1, 0.15) is 36.7 Å². The Balaban J connectivity index is 2.20. The molecule has 0 saturated carbocycles. The normalized spacial score (nSPS) is 10.6. The minimum Gasteiger partial charge on any atom is -0.461 e. The van der Waals surface area contributed by atoms with Crippen molar-refractivity contribution in [3.8, 4) is 0 Å². The number of anilines is 1. The van der Waals surface area contributed by atoms with Gasteiger partial charge >= 0.3 is 5.97 Å². The minimum atomic E-state index is -0.501. The van der Waals surface area contributed by atoms with E-state index in [4.69, 9.17) is 9.47 Å². The van der Waals surface area contributed by atoms with E-state index in [1.807, 2.05) is 18.2 Å². The molecule has 1 aromatic carbocycles. The molecule has 0 bridgehead atoms. The third kappa shape index (κ3) is 4.76. The number of ether oxygens (including phenoxy) is 2. The Morgan fingerprint density at radius 3 is 2.75 bits per heavy atom. The van der Waals surface area contributed by atoms with E-state index in [2.05, 4.69) is 10.3 Å². The minimum absolute atomic E-state index is 0.0998. The molecule has 0 radical (unpaired) electrons. The fourth-order valence-corrected chi connectivity index (χ4v) is 2.33. The van der Waals surface area contributed by atoms with Gasteiger partial charge in [-0.25, -0.2) is 9.78 Å². The summed E-state index contributed by atoms with van der Waals surface area (Å²) in [5.74, 6) is -0.601. The van der Waals surface area contributed by atoms with Crippen molar-refractivity contribution in [1.82, 2.24) is 4.98 Å². The van der Waals surface area contributed by atoms with E-state index in [0.717, 1.165) is 18.2 Å². The van der Waals surface area contributed by atoms with Gasteiger partial charge in [0.25, 0.3) is 0 Å². The topological polar surface area (TPSA) is 77.5 Å². The fourth-order valence-electron chi connectivity index (χ4n) is 2.33. The molecule has 0 aliphatic carbocycles. The second-order valence-corrected chi connectivity index (χ2v) is 5.29. The first-order valence-electron chi connectivity index (χ1n) is 8.01. The summed E-state index contributed by atoms with van der Waals surface area (Å²) in [7, 11) is 1.64. The lowest BCUT2D eigenvalue weighted by Gasteiger charge is -2.11. The number of esters is 1. The number of hydrogen-bond acceptors (Lipinski definition) is 5. The Labute approximate surface area is 141 Å². The molecule has 1 aromatic heterocycles. The highest BCUT2D eigenvalue weighted by atomic mass is 16.5. The zero-order chi connectivity index (χ0) is 17.4. The molecule has 2 aromatic rings. The second-order valence-electron chi connectivity index (χ2n) is 5.29. The molecule has 0 saturated heterocycles. The number of pyridine rings is 1. The summed E-state index contributed by atoms with van der Waals surface area (Å²) in [6.45, 7) is 2.65. The van der Waals surface area contributed by atoms with Gasteiger partial charge in [-0.2, -0.15) is 0 Å². The summed E-state index contributed by atoms with van der Waals surface area (Å²) in [4.78, 5) is 28.4. The lowest BCUT2D eigenvalue weighted by Crippen LogP contribution is -2.14. The lowest BCUT2D eigenvalue weighted by molar-refractivity contribution is -0.116. The predicted molar refractivity (Wildman–Crippen MR) is 92.1 cm³/mol. The number of nitrogens with zero attached hydrogens (tertiary/aromatic N) is 1. The molecule has 1 heterocycles. The molecule has 6 heteroatoms. The molecule has 0 aliphatic rings. The highest BCUT2D eigenvalue weighted by Gasteiger charge is 2.14. The number of methoxy groups -OCH3 is 1. The lowest BCUT2D eigenvalue weighted by atomic mass is 10.1. The molecule has 0 fully saturated rings. The number of carbonyl (C=O) groups excluding carboxylic acids is 2. The Hall–Kier alpha value is -2.47. The zero-order valence-electron chi connectivity index (χ0n) is 14.0. The van der Waals surface area contributed by atoms with Gasteiger partial charge in [-0.05, 0) is 31.9 Å². The first-order chi connectivity index (χ1) is 11.7. The van der Waals surface area contributed by atoms with Crippen LogP contribution >= 0.6 is 0 Å². The van der Waals surface area contributed by atoms with Crippen molar-refractivity contribution >= 4 is 28.5 Å². The van der Waals surface area contributed by atoms with Gasteiger partial charge in [0.05, 0.1) is 17.8 Å². The summed E-state index contributed by atoms with van der Waals surface area (Å²) in [5, 5.41) is 3.66. The zero-order valence-corrected chi connectivity index (χ0v) is 14.0. The predicted octanol–water partition coefficient (Wildman–Crippen LogP) is 3.17. The monoisotopic (exact) mass is 330 g/mol. The number of aromatic nitrogens is 1. The summed E-state index contributed by atoms with van der Waals surface area (Å²) >= 11 is 0. The maximum absolute atomic E-state index is 12.1. The van der Waals surface area contributed by atoms with E-state index in [1.54, 1.807) is 26.2 Å². The molecule has 1 N–H and O–H groups in total. The van der Waals surface area contributed by atoms with E-state index in [-0.39, 0.29) is 18.2 Å². The molecule has 0 aliphatic heterocycles. The first kappa shape index (κ1) is 17.9. The van der Waals surface area contributed by atoms with Crippen LogP contribution in [0.5, 0.6) is 0 Å². The van der Waals surface area contributed by atoms with Gasteiger partial charge in [-0.3, -0.25) is 4.79 Å². The molecule has 1 amide bonds. The summed E-state index contributed by atoms with van der Waals surface area (Å²) < 4.78 is 9.97. The van der Waals surface area contributed by atoms with Crippen LogP contribution in [0.25, 0.3) is 10.9 Å². The van der Waals surface area contributed by atoms with Gasteiger partial charge < -0.3 is 14.8 Å². The number of unbranched alkanes of at least 4 members (excludes halogenated alkanes) is 1. The first-order valence-corrected chi connectivity index (χ1v) is 8.01. The Morgan fingerprint density at radius 1 is 1.21 bits per heavy atom. The second kappa shape index (κ2) is 8.98. The number of carbonyl (C=O) groups is 2. The maximum atomic E-state index is 12.1. The van der Waals surface area contributed by atoms with Gasteiger partial charge in [0.15, 0.2) is 5.69 Å². The van der Waals surface area contributed by atoms with E-state index < -0.39 is 5.97 Å². The third-order valence-electron chi connectivity index (χ3n) is 3.48. The van der Waals surface area contributed by atoms with Crippen molar-refractivity contribution in [2.75, 3.05) is 25.6 Å². The van der Waals surface area contributed by atoms with Crippen LogP contribution in [0.2, 0.25) is 0 Å². The number of benzene rings is 1. The van der Waals surface area contributed by atoms with Crippen molar-refractivity contribution in [3.05, 3.63) is 36.0 Å². The average Bonchev–Trinajstić information content (AvgIpc) is 2.59. The van der Waals surface area contributed by atoms with Crippen LogP contribution in [-0.2, 0) is 14.3 Å². The average molecular weight is 330 g/mol. The van der Waals surface area contributed by atoms with Crippen LogP contribution in [0.15, 0.2) is 30.3 Å². The van der Waals surface area contributed by atoms with Gasteiger partial charge in [-0.15, -0.1) is 0 Å². The number of nitrogens with one attached hydrogen (secondary N) is 1. The van der Waals surface area contributed by atoms with Gasteiger partial charge in [0.2, 0.25) is 5.91 Å². The molecular weight excluding hydrogens is 308 g/mol. The number of fused-ring (bicyclic) bond motifs is 1. The summed E-state index contributed by atoms with van der Waals surface area (Å²) in [5.41, 5.74) is 1.39. The van der Waals surface area contributed by atoms with E-state index in [0.29, 0.717) is 24.2 Å². The van der Waals surface area contributed by atoms with Crippen LogP contribution in [0, 0.1) is 0 Å². The summed E-state index contributed by atoms with van der Waals surface area (Å²) in [6, 6.07) is 8.92. The quantitative estimate of drug-likeness (QED) is 0.594. The van der Waals surface area contributed by atoms with Crippen LogP contribution < -0.4 is 5.32 Å². The van der Waals surface area contributed by atoms with E-state index in [1.165, 1.54) is 0 Å². The number of rotatable bonds is 8. The molecule has 0 unspecified atom stereocenters. The fraction of sp³-hybridized carbons (Fsp3) is 0.389. The standard InChI is InChI=1S/C18H22N2O4/c1-3-24-18(22)16-12-15(13-8-4-5-9-14(13)19-16)20-17(21)10-6-7-11-23-2/h4-5,8-9,12H,3,6-7,10-11H2,1-2H3,(H,19,20,21). The smallest absolute Gasteiger partial charge is 0.357 e. The summed E-state index contributed by atoms with van der Waals surface area (Å²) in [6.07, 6.45) is 1.97. The van der Waals surface area contributed by atoms with Gasteiger partial charge in [-0.1, -0.05) is 18.2 Å². The molecule has 0 atom stereocenters. The molecular formula is C18H22N2O4. The van der Waals surface area contributed by atoms with Gasteiger partial charge in [0, 0.05) is 25.5 Å². The SMILES string of the molecule is CCOC(=O)c1cc(NC(=O)CCCCOC)c2ccccc2n1. The largest absolute Gasteiger partial charge is 0.461 e. The molecule has 2 rings (SSSR count). The van der Waals surface area contributed by atoms with Crippen molar-refractivity contribution in [2.24, 2.45) is 0 Å². The molecule has 128 valence electrons. The van der Waals surface area contributed by atoms with Crippen molar-refractivity contribution in [3.63, 3.8) is 0 Å². The highest BCUT2D eigenvalue weighted by molar-refractivity contribution is 6.03. The highest BCUT2D eigenvalue weighted by Crippen LogP contribution is 2.24. The van der Waals surface area contributed by atoms with Crippen molar-refractivity contribution in [2.45, 2.75) is 26.2 Å². The van der Waals surface area contributed by atoms with Crippen LogP contribution in [-0.4, -0.2) is 37.2 Å².